The number of benzene rings is 1. The van der Waals surface area contributed by atoms with Crippen LogP contribution in [0.1, 0.15) is 32.3 Å². The smallest absolute Gasteiger partial charge is 0.248 e. The molecule has 1 aliphatic heterocycles. The van der Waals surface area contributed by atoms with Crippen molar-refractivity contribution in [1.29, 1.82) is 0 Å². The Labute approximate surface area is 130 Å². The van der Waals surface area contributed by atoms with E-state index in [2.05, 4.69) is 5.32 Å². The molecular weight excluding hydrogens is 288 g/mol. The number of carbonyl (C=O) groups is 2. The third kappa shape index (κ3) is 3.38. The van der Waals surface area contributed by atoms with Crippen LogP contribution in [0, 0.1) is 0 Å². The van der Waals surface area contributed by atoms with Crippen molar-refractivity contribution in [2.24, 2.45) is 0 Å². The normalized spacial score (nSPS) is 17.8. The molecular formula is C16H21ClN2O2. The van der Waals surface area contributed by atoms with Gasteiger partial charge in [-0.25, -0.2) is 0 Å². The van der Waals surface area contributed by atoms with Crippen molar-refractivity contribution >= 4 is 23.4 Å². The third-order valence-corrected chi connectivity index (χ3v) is 4.45. The highest BCUT2D eigenvalue weighted by Crippen LogP contribution is 2.22. The Balaban J connectivity index is 2.06. The largest absolute Gasteiger partial charge is 0.340 e. The molecule has 1 N–H and O–H groups in total. The lowest BCUT2D eigenvalue weighted by Crippen LogP contribution is -2.66. The number of rotatable bonds is 5. The molecule has 0 spiro atoms. The van der Waals surface area contributed by atoms with Crippen LogP contribution >= 0.6 is 11.6 Å². The van der Waals surface area contributed by atoms with E-state index in [1.165, 1.54) is 0 Å². The van der Waals surface area contributed by atoms with Gasteiger partial charge in [-0.05, 0) is 37.0 Å². The van der Waals surface area contributed by atoms with Gasteiger partial charge in [0, 0.05) is 11.6 Å². The highest BCUT2D eigenvalue weighted by Gasteiger charge is 2.43. The molecule has 4 nitrogen and oxygen atoms in total. The van der Waals surface area contributed by atoms with E-state index < -0.39 is 5.54 Å². The molecule has 1 aromatic carbocycles. The predicted molar refractivity (Wildman–Crippen MR) is 83.2 cm³/mol. The van der Waals surface area contributed by atoms with Crippen molar-refractivity contribution in [3.63, 3.8) is 0 Å². The number of piperazine rings is 1. The van der Waals surface area contributed by atoms with Crippen LogP contribution in [0.15, 0.2) is 24.3 Å². The van der Waals surface area contributed by atoms with Crippen LogP contribution in [0.3, 0.4) is 0 Å². The monoisotopic (exact) mass is 308 g/mol. The Morgan fingerprint density at radius 1 is 1.19 bits per heavy atom. The van der Waals surface area contributed by atoms with E-state index in [1.807, 2.05) is 38.1 Å². The van der Waals surface area contributed by atoms with E-state index in [4.69, 9.17) is 11.6 Å². The number of hydrogen-bond donors (Lipinski definition) is 1. The van der Waals surface area contributed by atoms with Gasteiger partial charge in [0.2, 0.25) is 11.8 Å². The van der Waals surface area contributed by atoms with E-state index in [0.29, 0.717) is 24.4 Å². The SMILES string of the molecule is CCC1(CC)NC(=O)CN(CCc2ccc(Cl)cc2)C1=O. The molecule has 0 atom stereocenters. The molecule has 21 heavy (non-hydrogen) atoms. The van der Waals surface area contributed by atoms with E-state index in [-0.39, 0.29) is 18.4 Å². The molecule has 0 radical (unpaired) electrons. The second-order valence-electron chi connectivity index (χ2n) is 5.44. The van der Waals surface area contributed by atoms with E-state index in [9.17, 15) is 9.59 Å². The third-order valence-electron chi connectivity index (χ3n) is 4.20. The lowest BCUT2D eigenvalue weighted by molar-refractivity contribution is -0.150. The Morgan fingerprint density at radius 2 is 1.81 bits per heavy atom. The highest BCUT2D eigenvalue weighted by atomic mass is 35.5. The van der Waals surface area contributed by atoms with Gasteiger partial charge >= 0.3 is 0 Å². The predicted octanol–water partition coefficient (Wildman–Crippen LogP) is 2.40. The van der Waals surface area contributed by atoms with Gasteiger partial charge in [0.1, 0.15) is 5.54 Å². The van der Waals surface area contributed by atoms with Gasteiger partial charge in [-0.2, -0.15) is 0 Å². The number of nitrogens with one attached hydrogen (secondary N) is 1. The van der Waals surface area contributed by atoms with Crippen molar-refractivity contribution in [3.8, 4) is 0 Å². The van der Waals surface area contributed by atoms with Gasteiger partial charge in [0.25, 0.3) is 0 Å². The van der Waals surface area contributed by atoms with Crippen LogP contribution in [0.2, 0.25) is 5.02 Å². The van der Waals surface area contributed by atoms with Gasteiger partial charge < -0.3 is 10.2 Å². The summed E-state index contributed by atoms with van der Waals surface area (Å²) in [6, 6.07) is 7.57. The van der Waals surface area contributed by atoms with Crippen molar-refractivity contribution in [3.05, 3.63) is 34.9 Å². The fraction of sp³-hybridized carbons (Fsp3) is 0.500. The van der Waals surface area contributed by atoms with Crippen LogP contribution in [-0.4, -0.2) is 35.3 Å². The lowest BCUT2D eigenvalue weighted by atomic mass is 9.89. The molecule has 0 saturated carbocycles. The summed E-state index contributed by atoms with van der Waals surface area (Å²) in [7, 11) is 0. The second-order valence-corrected chi connectivity index (χ2v) is 5.88. The number of amides is 2. The molecule has 114 valence electrons. The summed E-state index contributed by atoms with van der Waals surface area (Å²) in [5.74, 6) is -0.0459. The Morgan fingerprint density at radius 3 is 2.38 bits per heavy atom. The summed E-state index contributed by atoms with van der Waals surface area (Å²) < 4.78 is 0. The van der Waals surface area contributed by atoms with Crippen molar-refractivity contribution < 1.29 is 9.59 Å². The average Bonchev–Trinajstić information content (AvgIpc) is 2.49. The molecule has 1 heterocycles. The van der Waals surface area contributed by atoms with Crippen molar-refractivity contribution in [2.75, 3.05) is 13.1 Å². The maximum atomic E-state index is 12.6. The summed E-state index contributed by atoms with van der Waals surface area (Å²) in [4.78, 5) is 26.2. The van der Waals surface area contributed by atoms with Gasteiger partial charge in [-0.1, -0.05) is 37.6 Å². The minimum atomic E-state index is -0.727. The maximum Gasteiger partial charge on any atom is 0.248 e. The Bertz CT molecular complexity index is 524. The first-order chi connectivity index (χ1) is 10.0. The number of nitrogens with zero attached hydrogens (tertiary/aromatic N) is 1. The molecule has 5 heteroatoms. The molecule has 1 saturated heterocycles. The fourth-order valence-corrected chi connectivity index (χ4v) is 2.86. The molecule has 1 aliphatic rings. The maximum absolute atomic E-state index is 12.6. The number of carbonyl (C=O) groups excluding carboxylic acids is 2. The van der Waals surface area contributed by atoms with Crippen LogP contribution < -0.4 is 5.32 Å². The first-order valence-electron chi connectivity index (χ1n) is 7.35. The molecule has 0 aliphatic carbocycles. The van der Waals surface area contributed by atoms with Gasteiger partial charge in [-0.15, -0.1) is 0 Å². The Kier molecular flexibility index (Phi) is 4.88. The van der Waals surface area contributed by atoms with Gasteiger partial charge in [0.15, 0.2) is 0 Å². The lowest BCUT2D eigenvalue weighted by Gasteiger charge is -2.41. The first kappa shape index (κ1) is 15.8. The first-order valence-corrected chi connectivity index (χ1v) is 7.73. The Hall–Kier alpha value is -1.55. The minimum absolute atomic E-state index is 0.0288. The summed E-state index contributed by atoms with van der Waals surface area (Å²) >= 11 is 5.86. The zero-order valence-electron chi connectivity index (χ0n) is 12.5. The zero-order valence-corrected chi connectivity index (χ0v) is 13.2. The average molecular weight is 309 g/mol. The van der Waals surface area contributed by atoms with Crippen LogP contribution in [0.25, 0.3) is 0 Å². The minimum Gasteiger partial charge on any atom is -0.340 e. The summed E-state index contributed by atoms with van der Waals surface area (Å²) in [6.45, 7) is 4.57. The molecule has 0 aromatic heterocycles. The fourth-order valence-electron chi connectivity index (χ4n) is 2.73. The molecule has 0 unspecified atom stereocenters. The highest BCUT2D eigenvalue weighted by molar-refractivity contribution is 6.30. The van der Waals surface area contributed by atoms with Gasteiger partial charge in [0.05, 0.1) is 6.54 Å². The summed E-state index contributed by atoms with van der Waals surface area (Å²) in [5.41, 5.74) is 0.381. The number of halogens is 1. The molecule has 2 amide bonds. The van der Waals surface area contributed by atoms with Crippen LogP contribution in [0.5, 0.6) is 0 Å². The molecule has 0 bridgehead atoms. The topological polar surface area (TPSA) is 49.4 Å². The van der Waals surface area contributed by atoms with Crippen LogP contribution in [0.4, 0.5) is 0 Å². The standard InChI is InChI=1S/C16H21ClN2O2/c1-3-16(4-2)15(21)19(11-14(20)18-16)10-9-12-5-7-13(17)8-6-12/h5-8H,3-4,9-11H2,1-2H3,(H,18,20). The summed E-state index contributed by atoms with van der Waals surface area (Å²) in [6.07, 6.45) is 1.96. The quantitative estimate of drug-likeness (QED) is 0.908. The molecule has 2 rings (SSSR count). The van der Waals surface area contributed by atoms with Crippen LogP contribution in [-0.2, 0) is 16.0 Å². The molecule has 1 fully saturated rings. The second kappa shape index (κ2) is 6.48. The molecule has 1 aromatic rings. The van der Waals surface area contributed by atoms with Crippen molar-refractivity contribution in [2.45, 2.75) is 38.6 Å². The zero-order chi connectivity index (χ0) is 15.5. The van der Waals surface area contributed by atoms with Gasteiger partial charge in [-0.3, -0.25) is 9.59 Å². The summed E-state index contributed by atoms with van der Waals surface area (Å²) in [5, 5.41) is 3.56. The number of hydrogen-bond acceptors (Lipinski definition) is 2. The van der Waals surface area contributed by atoms with E-state index in [0.717, 1.165) is 12.0 Å². The van der Waals surface area contributed by atoms with Crippen molar-refractivity contribution in [1.82, 2.24) is 10.2 Å². The van der Waals surface area contributed by atoms with E-state index >= 15 is 0 Å². The van der Waals surface area contributed by atoms with E-state index in [1.54, 1.807) is 4.90 Å².